The smallest absolute Gasteiger partial charge is 0.231 e. The number of rotatable bonds is 5. The van der Waals surface area contributed by atoms with Crippen molar-refractivity contribution in [3.05, 3.63) is 18.0 Å². The van der Waals surface area contributed by atoms with Crippen molar-refractivity contribution < 1.29 is 14.3 Å². The van der Waals surface area contributed by atoms with Crippen molar-refractivity contribution in [3.8, 4) is 5.88 Å². The van der Waals surface area contributed by atoms with Gasteiger partial charge in [0.2, 0.25) is 11.8 Å². The van der Waals surface area contributed by atoms with E-state index in [-0.39, 0.29) is 5.91 Å². The van der Waals surface area contributed by atoms with Gasteiger partial charge in [0.1, 0.15) is 0 Å². The molecule has 1 aliphatic rings. The summed E-state index contributed by atoms with van der Waals surface area (Å²) in [7, 11) is 1.57. The minimum Gasteiger partial charge on any atom is -0.480 e. The molecule has 3 heterocycles. The van der Waals surface area contributed by atoms with Crippen LogP contribution in [0.1, 0.15) is 18.7 Å². The first-order valence-corrected chi connectivity index (χ1v) is 7.39. The number of ether oxygens (including phenoxy) is 2. The number of hydrogen-bond acceptors (Lipinski definition) is 6. The van der Waals surface area contributed by atoms with Crippen LogP contribution in [0.15, 0.2) is 12.1 Å². The van der Waals surface area contributed by atoms with E-state index in [2.05, 4.69) is 15.3 Å². The normalized spacial score (nSPS) is 15.2. The summed E-state index contributed by atoms with van der Waals surface area (Å²) >= 11 is 0. The molecule has 2 aromatic heterocycles. The second-order valence-electron chi connectivity index (χ2n) is 5.11. The van der Waals surface area contributed by atoms with Gasteiger partial charge in [0.25, 0.3) is 0 Å². The summed E-state index contributed by atoms with van der Waals surface area (Å²) in [6.45, 7) is 2.63. The zero-order valence-electron chi connectivity index (χ0n) is 12.6. The molecule has 0 aromatic carbocycles. The molecule has 0 N–H and O–H groups in total. The fraction of sp³-hybridized carbons (Fsp3) is 0.571. The lowest BCUT2D eigenvalue weighted by Gasteiger charge is -2.26. The monoisotopic (exact) mass is 305 g/mol. The SMILES string of the molecule is COc1ccc2nnc(CCCC(=O)N3CCOCC3)n2n1. The van der Waals surface area contributed by atoms with Gasteiger partial charge in [0.15, 0.2) is 11.5 Å². The molecular formula is C14H19N5O3. The number of aromatic nitrogens is 4. The molecule has 0 unspecified atom stereocenters. The first kappa shape index (κ1) is 14.7. The Kier molecular flexibility index (Phi) is 4.47. The van der Waals surface area contributed by atoms with Crippen molar-refractivity contribution >= 4 is 11.6 Å². The summed E-state index contributed by atoms with van der Waals surface area (Å²) in [6.07, 6.45) is 1.87. The minimum absolute atomic E-state index is 0.169. The fourth-order valence-electron chi connectivity index (χ4n) is 2.45. The predicted molar refractivity (Wildman–Crippen MR) is 77.7 cm³/mol. The molecule has 1 fully saturated rings. The van der Waals surface area contributed by atoms with Gasteiger partial charge < -0.3 is 14.4 Å². The van der Waals surface area contributed by atoms with E-state index in [1.54, 1.807) is 23.8 Å². The molecule has 0 aliphatic carbocycles. The van der Waals surface area contributed by atoms with Gasteiger partial charge in [-0.15, -0.1) is 15.3 Å². The quantitative estimate of drug-likeness (QED) is 0.791. The molecule has 1 amide bonds. The predicted octanol–water partition coefficient (Wildman–Crippen LogP) is 0.314. The molecule has 0 radical (unpaired) electrons. The van der Waals surface area contributed by atoms with Gasteiger partial charge in [0, 0.05) is 32.0 Å². The lowest BCUT2D eigenvalue weighted by atomic mass is 10.2. The van der Waals surface area contributed by atoms with Gasteiger partial charge in [-0.25, -0.2) is 0 Å². The molecule has 1 aliphatic heterocycles. The second kappa shape index (κ2) is 6.69. The van der Waals surface area contributed by atoms with E-state index in [1.165, 1.54) is 0 Å². The number of hydrogen-bond donors (Lipinski definition) is 0. The number of carbonyl (C=O) groups is 1. The highest BCUT2D eigenvalue weighted by Gasteiger charge is 2.16. The first-order valence-electron chi connectivity index (χ1n) is 7.39. The van der Waals surface area contributed by atoms with E-state index in [4.69, 9.17) is 9.47 Å². The molecule has 0 bridgehead atoms. The molecule has 0 spiro atoms. The maximum absolute atomic E-state index is 12.1. The van der Waals surface area contributed by atoms with E-state index in [0.29, 0.717) is 50.7 Å². The highest BCUT2D eigenvalue weighted by atomic mass is 16.5. The third kappa shape index (κ3) is 3.16. The molecule has 0 atom stereocenters. The third-order valence-corrected chi connectivity index (χ3v) is 3.67. The van der Waals surface area contributed by atoms with Crippen LogP contribution in [0.25, 0.3) is 5.65 Å². The van der Waals surface area contributed by atoms with Crippen LogP contribution in [0.4, 0.5) is 0 Å². The average Bonchev–Trinajstić information content (AvgIpc) is 2.98. The standard InChI is InChI=1S/C14H19N5O3/c1-21-13-6-5-12-16-15-11(19(12)17-13)3-2-4-14(20)18-7-9-22-10-8-18/h5-6H,2-4,7-10H2,1H3. The topological polar surface area (TPSA) is 81.9 Å². The van der Waals surface area contributed by atoms with Crippen molar-refractivity contribution in [2.45, 2.75) is 19.3 Å². The Labute approximate surface area is 128 Å². The van der Waals surface area contributed by atoms with Gasteiger partial charge in [-0.05, 0) is 12.5 Å². The number of methoxy groups -OCH3 is 1. The Morgan fingerprint density at radius 1 is 1.32 bits per heavy atom. The Morgan fingerprint density at radius 3 is 2.91 bits per heavy atom. The van der Waals surface area contributed by atoms with Gasteiger partial charge in [-0.2, -0.15) is 4.52 Å². The molecule has 0 saturated carbocycles. The van der Waals surface area contributed by atoms with E-state index in [1.807, 2.05) is 4.90 Å². The lowest BCUT2D eigenvalue weighted by Crippen LogP contribution is -2.40. The van der Waals surface area contributed by atoms with Crippen molar-refractivity contribution in [3.63, 3.8) is 0 Å². The number of amides is 1. The number of fused-ring (bicyclic) bond motifs is 1. The molecule has 2 aromatic rings. The molecule has 8 heteroatoms. The molecular weight excluding hydrogens is 286 g/mol. The fourth-order valence-corrected chi connectivity index (χ4v) is 2.45. The molecule has 1 saturated heterocycles. The van der Waals surface area contributed by atoms with E-state index in [0.717, 1.165) is 12.2 Å². The first-order chi connectivity index (χ1) is 10.8. The van der Waals surface area contributed by atoms with E-state index < -0.39 is 0 Å². The Bertz CT molecular complexity index is 651. The van der Waals surface area contributed by atoms with Crippen LogP contribution in [0.5, 0.6) is 5.88 Å². The van der Waals surface area contributed by atoms with Gasteiger partial charge in [-0.3, -0.25) is 4.79 Å². The van der Waals surface area contributed by atoms with Crippen LogP contribution < -0.4 is 4.74 Å². The largest absolute Gasteiger partial charge is 0.480 e. The summed E-state index contributed by atoms with van der Waals surface area (Å²) in [5.41, 5.74) is 0.676. The summed E-state index contributed by atoms with van der Waals surface area (Å²) < 4.78 is 12.0. The lowest BCUT2D eigenvalue weighted by molar-refractivity contribution is -0.135. The van der Waals surface area contributed by atoms with Crippen LogP contribution in [0, 0.1) is 0 Å². The summed E-state index contributed by atoms with van der Waals surface area (Å²) in [4.78, 5) is 13.9. The van der Waals surface area contributed by atoms with Crippen LogP contribution in [0.3, 0.4) is 0 Å². The highest BCUT2D eigenvalue weighted by molar-refractivity contribution is 5.76. The Hall–Kier alpha value is -2.22. The number of nitrogens with zero attached hydrogens (tertiary/aromatic N) is 5. The van der Waals surface area contributed by atoms with Crippen LogP contribution in [-0.2, 0) is 16.0 Å². The van der Waals surface area contributed by atoms with Crippen molar-refractivity contribution in [1.29, 1.82) is 0 Å². The third-order valence-electron chi connectivity index (χ3n) is 3.67. The van der Waals surface area contributed by atoms with Crippen LogP contribution in [0.2, 0.25) is 0 Å². The summed E-state index contributed by atoms with van der Waals surface area (Å²) in [5.74, 6) is 1.42. The summed E-state index contributed by atoms with van der Waals surface area (Å²) in [6, 6.07) is 3.55. The van der Waals surface area contributed by atoms with E-state index >= 15 is 0 Å². The van der Waals surface area contributed by atoms with Crippen molar-refractivity contribution in [2.24, 2.45) is 0 Å². The maximum atomic E-state index is 12.1. The summed E-state index contributed by atoms with van der Waals surface area (Å²) in [5, 5.41) is 12.5. The maximum Gasteiger partial charge on any atom is 0.231 e. The zero-order valence-corrected chi connectivity index (χ0v) is 12.6. The van der Waals surface area contributed by atoms with Gasteiger partial charge >= 0.3 is 0 Å². The highest BCUT2D eigenvalue weighted by Crippen LogP contribution is 2.11. The van der Waals surface area contributed by atoms with Crippen molar-refractivity contribution in [1.82, 2.24) is 24.7 Å². The minimum atomic E-state index is 0.169. The molecule has 118 valence electrons. The molecule has 8 nitrogen and oxygen atoms in total. The van der Waals surface area contributed by atoms with E-state index in [9.17, 15) is 4.79 Å². The van der Waals surface area contributed by atoms with Crippen molar-refractivity contribution in [2.75, 3.05) is 33.4 Å². The number of carbonyl (C=O) groups excluding carboxylic acids is 1. The zero-order chi connectivity index (χ0) is 15.4. The number of morpholine rings is 1. The Morgan fingerprint density at radius 2 is 2.14 bits per heavy atom. The van der Waals surface area contributed by atoms with Gasteiger partial charge in [0.05, 0.1) is 20.3 Å². The van der Waals surface area contributed by atoms with Crippen LogP contribution in [-0.4, -0.2) is 64.0 Å². The number of aryl methyl sites for hydroxylation is 1. The van der Waals surface area contributed by atoms with Gasteiger partial charge in [-0.1, -0.05) is 0 Å². The van der Waals surface area contributed by atoms with Crippen LogP contribution >= 0.6 is 0 Å². The second-order valence-corrected chi connectivity index (χ2v) is 5.11. The molecule has 3 rings (SSSR count). The molecule has 22 heavy (non-hydrogen) atoms. The Balaban J connectivity index is 1.58. The average molecular weight is 305 g/mol.